The summed E-state index contributed by atoms with van der Waals surface area (Å²) in [6.07, 6.45) is 2.69. The summed E-state index contributed by atoms with van der Waals surface area (Å²) in [5.74, 6) is 3.28. The predicted octanol–water partition coefficient (Wildman–Crippen LogP) is 3.66. The van der Waals surface area contributed by atoms with Gasteiger partial charge in [-0.25, -0.2) is 4.79 Å². The molecule has 1 heterocycles. The van der Waals surface area contributed by atoms with E-state index in [0.717, 1.165) is 25.8 Å². The summed E-state index contributed by atoms with van der Waals surface area (Å²) in [5.41, 5.74) is 2.94. The average molecular weight is 281 g/mol. The molecule has 0 aromatic rings. The van der Waals surface area contributed by atoms with Gasteiger partial charge in [0.2, 0.25) is 0 Å². The van der Waals surface area contributed by atoms with Crippen LogP contribution in [0.4, 0.5) is 4.79 Å². The molecule has 4 heteroatoms. The zero-order valence-corrected chi connectivity index (χ0v) is 14.2. The van der Waals surface area contributed by atoms with E-state index in [9.17, 15) is 4.79 Å². The van der Waals surface area contributed by atoms with Crippen LogP contribution in [0.15, 0.2) is 0 Å². The zero-order valence-electron chi connectivity index (χ0n) is 13.2. The summed E-state index contributed by atoms with van der Waals surface area (Å²) in [6, 6.07) is 0.235. The molecule has 0 aliphatic carbocycles. The minimum atomic E-state index is -1.31. The lowest BCUT2D eigenvalue weighted by Crippen LogP contribution is -2.39. The average Bonchev–Trinajstić information content (AvgIpc) is 2.61. The van der Waals surface area contributed by atoms with E-state index in [4.69, 9.17) is 4.74 Å². The quantitative estimate of drug-likeness (QED) is 0.542. The van der Waals surface area contributed by atoms with Crippen LogP contribution in [0.2, 0.25) is 19.6 Å². The third kappa shape index (κ3) is 6.15. The number of rotatable bonds is 1. The molecule has 0 N–H and O–H groups in total. The molecular weight excluding hydrogens is 254 g/mol. The largest absolute Gasteiger partial charge is 0.444 e. The SMILES string of the molecule is CC(C)(C)OC(=O)N1CCC[C@H]1CC#C[Si](C)(C)C. The molecule has 1 aliphatic rings. The second-order valence-corrected chi connectivity index (χ2v) is 12.0. The first-order valence-electron chi connectivity index (χ1n) is 7.08. The highest BCUT2D eigenvalue weighted by atomic mass is 28.3. The van der Waals surface area contributed by atoms with Crippen molar-refractivity contribution in [2.24, 2.45) is 0 Å². The van der Waals surface area contributed by atoms with Gasteiger partial charge in [-0.15, -0.1) is 11.5 Å². The molecule has 1 fully saturated rings. The summed E-state index contributed by atoms with van der Waals surface area (Å²) in [4.78, 5) is 13.9. The van der Waals surface area contributed by atoms with Gasteiger partial charge in [-0.3, -0.25) is 0 Å². The molecule has 0 saturated carbocycles. The van der Waals surface area contributed by atoms with Crippen LogP contribution in [0.1, 0.15) is 40.0 Å². The van der Waals surface area contributed by atoms with Crippen LogP contribution >= 0.6 is 0 Å². The van der Waals surface area contributed by atoms with Crippen molar-refractivity contribution in [3.05, 3.63) is 0 Å². The fourth-order valence-corrected chi connectivity index (χ4v) is 2.68. The van der Waals surface area contributed by atoms with Crippen molar-refractivity contribution in [1.82, 2.24) is 4.90 Å². The third-order valence-corrected chi connectivity index (χ3v) is 3.73. The van der Waals surface area contributed by atoms with E-state index in [1.165, 1.54) is 0 Å². The van der Waals surface area contributed by atoms with E-state index in [1.54, 1.807) is 0 Å². The second kappa shape index (κ2) is 6.00. The van der Waals surface area contributed by atoms with Gasteiger partial charge in [-0.05, 0) is 33.6 Å². The van der Waals surface area contributed by atoms with E-state index < -0.39 is 13.7 Å². The maximum atomic E-state index is 12.1. The standard InChI is InChI=1S/C15H27NO2Si/c1-15(2,3)18-14(17)16-11-7-9-13(16)10-8-12-19(4,5)6/h13H,7,9-11H2,1-6H3/t13-/m0/s1. The Labute approximate surface area is 118 Å². The first-order valence-corrected chi connectivity index (χ1v) is 10.6. The Morgan fingerprint density at radius 2 is 2.00 bits per heavy atom. The second-order valence-electron chi connectivity index (χ2n) is 7.23. The van der Waals surface area contributed by atoms with Crippen molar-refractivity contribution in [2.45, 2.75) is 71.3 Å². The number of hydrogen-bond acceptors (Lipinski definition) is 2. The molecule has 3 nitrogen and oxygen atoms in total. The van der Waals surface area contributed by atoms with Crippen LogP contribution in [-0.2, 0) is 4.74 Å². The minimum Gasteiger partial charge on any atom is -0.444 e. The van der Waals surface area contributed by atoms with E-state index >= 15 is 0 Å². The van der Waals surface area contributed by atoms with Gasteiger partial charge < -0.3 is 9.64 Å². The van der Waals surface area contributed by atoms with Gasteiger partial charge in [0.05, 0.1) is 0 Å². The molecule has 0 radical (unpaired) electrons. The van der Waals surface area contributed by atoms with Crippen LogP contribution in [0.5, 0.6) is 0 Å². The summed E-state index contributed by atoms with van der Waals surface area (Å²) >= 11 is 0. The van der Waals surface area contributed by atoms with Crippen LogP contribution in [-0.4, -0.2) is 37.3 Å². The van der Waals surface area contributed by atoms with Gasteiger partial charge in [-0.2, -0.15) is 0 Å². The fourth-order valence-electron chi connectivity index (χ4n) is 2.04. The van der Waals surface area contributed by atoms with Crippen molar-refractivity contribution < 1.29 is 9.53 Å². The highest BCUT2D eigenvalue weighted by Gasteiger charge is 2.31. The van der Waals surface area contributed by atoms with Crippen LogP contribution in [0, 0.1) is 11.5 Å². The summed E-state index contributed by atoms with van der Waals surface area (Å²) in [6.45, 7) is 13.2. The van der Waals surface area contributed by atoms with Gasteiger partial charge in [-0.1, -0.05) is 19.6 Å². The van der Waals surface area contributed by atoms with Crippen LogP contribution < -0.4 is 0 Å². The van der Waals surface area contributed by atoms with E-state index in [1.807, 2.05) is 25.7 Å². The van der Waals surface area contributed by atoms with Gasteiger partial charge in [0, 0.05) is 19.0 Å². The highest BCUT2D eigenvalue weighted by molar-refractivity contribution is 6.83. The number of ether oxygens (including phenoxy) is 1. The molecule has 1 atom stereocenters. The number of hydrogen-bond donors (Lipinski definition) is 0. The Balaban J connectivity index is 2.59. The molecule has 19 heavy (non-hydrogen) atoms. The minimum absolute atomic E-state index is 0.190. The van der Waals surface area contributed by atoms with Crippen LogP contribution in [0.25, 0.3) is 0 Å². The molecule has 108 valence electrons. The number of likely N-dealkylation sites (tertiary alicyclic amines) is 1. The lowest BCUT2D eigenvalue weighted by atomic mass is 10.1. The van der Waals surface area contributed by atoms with E-state index in [-0.39, 0.29) is 12.1 Å². The molecule has 0 aromatic heterocycles. The lowest BCUT2D eigenvalue weighted by Gasteiger charge is -2.27. The topological polar surface area (TPSA) is 29.5 Å². The molecule has 1 rings (SSSR count). The first-order chi connectivity index (χ1) is 8.58. The van der Waals surface area contributed by atoms with E-state index in [2.05, 4.69) is 31.1 Å². The van der Waals surface area contributed by atoms with Crippen molar-refractivity contribution >= 4 is 14.2 Å². The monoisotopic (exact) mass is 281 g/mol. The molecule has 1 amide bonds. The molecule has 0 spiro atoms. The lowest BCUT2D eigenvalue weighted by molar-refractivity contribution is 0.0230. The van der Waals surface area contributed by atoms with E-state index in [0.29, 0.717) is 0 Å². The normalized spacial score (nSPS) is 19.9. The van der Waals surface area contributed by atoms with Gasteiger partial charge in [0.1, 0.15) is 13.7 Å². The van der Waals surface area contributed by atoms with Crippen molar-refractivity contribution in [2.75, 3.05) is 6.54 Å². The number of amides is 1. The van der Waals surface area contributed by atoms with Crippen molar-refractivity contribution in [3.63, 3.8) is 0 Å². The maximum absolute atomic E-state index is 12.1. The third-order valence-electron chi connectivity index (χ3n) is 2.81. The highest BCUT2D eigenvalue weighted by Crippen LogP contribution is 2.22. The number of carbonyl (C=O) groups excluding carboxylic acids is 1. The molecular formula is C15H27NO2Si. The zero-order chi connectivity index (χ0) is 14.7. The Bertz CT molecular complexity index is 382. The Morgan fingerprint density at radius 1 is 1.37 bits per heavy atom. The molecule has 1 aliphatic heterocycles. The Morgan fingerprint density at radius 3 is 2.53 bits per heavy atom. The van der Waals surface area contributed by atoms with Gasteiger partial charge in [0.15, 0.2) is 0 Å². The van der Waals surface area contributed by atoms with Gasteiger partial charge >= 0.3 is 6.09 Å². The number of nitrogens with zero attached hydrogens (tertiary/aromatic N) is 1. The van der Waals surface area contributed by atoms with Gasteiger partial charge in [0.25, 0.3) is 0 Å². The van der Waals surface area contributed by atoms with Crippen molar-refractivity contribution in [1.29, 1.82) is 0 Å². The molecule has 0 bridgehead atoms. The van der Waals surface area contributed by atoms with Crippen LogP contribution in [0.3, 0.4) is 0 Å². The molecule has 1 saturated heterocycles. The smallest absolute Gasteiger partial charge is 0.410 e. The maximum Gasteiger partial charge on any atom is 0.410 e. The summed E-state index contributed by atoms with van der Waals surface area (Å²) in [5, 5.41) is 0. The Kier molecular flexibility index (Phi) is 5.09. The summed E-state index contributed by atoms with van der Waals surface area (Å²) in [7, 11) is -1.31. The summed E-state index contributed by atoms with van der Waals surface area (Å²) < 4.78 is 5.45. The Hall–Kier alpha value is -0.953. The number of carbonyl (C=O) groups is 1. The molecule has 0 aromatic carbocycles. The first kappa shape index (κ1) is 16.1. The van der Waals surface area contributed by atoms with Crippen molar-refractivity contribution in [3.8, 4) is 11.5 Å². The fraction of sp³-hybridized carbons (Fsp3) is 0.800. The molecule has 0 unspecified atom stereocenters. The predicted molar refractivity (Wildman–Crippen MR) is 81.7 cm³/mol.